The van der Waals surface area contributed by atoms with E-state index in [1.165, 1.54) is 12.8 Å². The molecule has 3 nitrogen and oxygen atoms in total. The van der Waals surface area contributed by atoms with Gasteiger partial charge in [-0.3, -0.25) is 0 Å². The lowest BCUT2D eigenvalue weighted by Crippen LogP contribution is -2.42. The zero-order chi connectivity index (χ0) is 13.1. The topological polar surface area (TPSA) is 49.5 Å². The maximum Gasteiger partial charge on any atom is 0.0635 e. The molecule has 100 valence electrons. The first kappa shape index (κ1) is 13.8. The Morgan fingerprint density at radius 1 is 1.50 bits per heavy atom. The molecule has 0 saturated carbocycles. The van der Waals surface area contributed by atoms with Gasteiger partial charge in [-0.15, -0.1) is 0 Å². The number of hydrogen-bond donors (Lipinski definition) is 2. The second-order valence-corrected chi connectivity index (χ2v) is 5.88. The molecule has 2 rings (SSSR count). The molecular weight excluding hydrogens is 292 g/mol. The summed E-state index contributed by atoms with van der Waals surface area (Å²) in [7, 11) is 0. The van der Waals surface area contributed by atoms with Gasteiger partial charge in [0, 0.05) is 17.1 Å². The SMILES string of the molecule is C[C@H](N)c1ccc(N2CCCCC2CO)c(Br)c1. The highest BCUT2D eigenvalue weighted by Gasteiger charge is 2.23. The minimum atomic E-state index is 0.0466. The van der Waals surface area contributed by atoms with Crippen molar-refractivity contribution in [3.63, 3.8) is 0 Å². The summed E-state index contributed by atoms with van der Waals surface area (Å²) in [6.07, 6.45) is 3.47. The van der Waals surface area contributed by atoms with Gasteiger partial charge in [-0.05, 0) is 59.8 Å². The number of benzene rings is 1. The van der Waals surface area contributed by atoms with Gasteiger partial charge in [0.2, 0.25) is 0 Å². The number of aliphatic hydroxyl groups is 1. The van der Waals surface area contributed by atoms with Crippen molar-refractivity contribution in [3.8, 4) is 0 Å². The second-order valence-electron chi connectivity index (χ2n) is 5.03. The zero-order valence-corrected chi connectivity index (χ0v) is 12.4. The Labute approximate surface area is 117 Å². The Morgan fingerprint density at radius 2 is 2.28 bits per heavy atom. The van der Waals surface area contributed by atoms with E-state index < -0.39 is 0 Å². The third-order valence-corrected chi connectivity index (χ3v) is 4.28. The lowest BCUT2D eigenvalue weighted by Gasteiger charge is -2.37. The lowest BCUT2D eigenvalue weighted by molar-refractivity contribution is 0.240. The summed E-state index contributed by atoms with van der Waals surface area (Å²) in [6, 6.07) is 6.56. The molecule has 3 N–H and O–H groups in total. The fourth-order valence-corrected chi connectivity index (χ4v) is 3.17. The lowest BCUT2D eigenvalue weighted by atomic mass is 10.0. The summed E-state index contributed by atoms with van der Waals surface area (Å²) in [6.45, 7) is 3.22. The Morgan fingerprint density at radius 3 is 2.89 bits per heavy atom. The Bertz CT molecular complexity index is 409. The second kappa shape index (κ2) is 6.04. The van der Waals surface area contributed by atoms with Crippen LogP contribution in [0.3, 0.4) is 0 Å². The minimum Gasteiger partial charge on any atom is -0.394 e. The van der Waals surface area contributed by atoms with Crippen LogP contribution in [-0.2, 0) is 0 Å². The summed E-state index contributed by atoms with van der Waals surface area (Å²) in [5, 5.41) is 9.48. The van der Waals surface area contributed by atoms with E-state index in [2.05, 4.69) is 39.0 Å². The molecule has 1 unspecified atom stereocenters. The molecule has 0 radical (unpaired) electrons. The average Bonchev–Trinajstić information content (AvgIpc) is 2.38. The van der Waals surface area contributed by atoms with Crippen LogP contribution in [0, 0.1) is 0 Å². The average molecular weight is 313 g/mol. The van der Waals surface area contributed by atoms with Gasteiger partial charge < -0.3 is 15.7 Å². The molecule has 0 spiro atoms. The van der Waals surface area contributed by atoms with E-state index in [1.54, 1.807) is 0 Å². The van der Waals surface area contributed by atoms with E-state index in [1.807, 2.05) is 6.92 Å². The first-order valence-electron chi connectivity index (χ1n) is 6.56. The van der Waals surface area contributed by atoms with Gasteiger partial charge in [0.1, 0.15) is 0 Å². The fraction of sp³-hybridized carbons (Fsp3) is 0.571. The van der Waals surface area contributed by atoms with Crippen molar-refractivity contribution >= 4 is 21.6 Å². The van der Waals surface area contributed by atoms with Crippen molar-refractivity contribution in [1.29, 1.82) is 0 Å². The Balaban J connectivity index is 2.26. The van der Waals surface area contributed by atoms with E-state index in [4.69, 9.17) is 5.73 Å². The Kier molecular flexibility index (Phi) is 4.65. The van der Waals surface area contributed by atoms with Crippen LogP contribution < -0.4 is 10.6 Å². The van der Waals surface area contributed by atoms with Crippen LogP contribution in [0.1, 0.15) is 37.8 Å². The van der Waals surface area contributed by atoms with Crippen LogP contribution in [0.25, 0.3) is 0 Å². The molecule has 1 aliphatic heterocycles. The number of aliphatic hydroxyl groups excluding tert-OH is 1. The van der Waals surface area contributed by atoms with E-state index in [0.717, 1.165) is 28.7 Å². The van der Waals surface area contributed by atoms with Gasteiger partial charge in [-0.2, -0.15) is 0 Å². The van der Waals surface area contributed by atoms with E-state index >= 15 is 0 Å². The van der Waals surface area contributed by atoms with Crippen LogP contribution in [0.15, 0.2) is 22.7 Å². The number of nitrogens with two attached hydrogens (primary N) is 1. The van der Waals surface area contributed by atoms with Crippen LogP contribution >= 0.6 is 15.9 Å². The van der Waals surface area contributed by atoms with Crippen molar-refractivity contribution in [3.05, 3.63) is 28.2 Å². The summed E-state index contributed by atoms with van der Waals surface area (Å²) in [4.78, 5) is 2.30. The largest absolute Gasteiger partial charge is 0.394 e. The summed E-state index contributed by atoms with van der Waals surface area (Å²) in [5.74, 6) is 0. The van der Waals surface area contributed by atoms with E-state index in [9.17, 15) is 5.11 Å². The van der Waals surface area contributed by atoms with Crippen molar-refractivity contribution in [2.24, 2.45) is 5.73 Å². The predicted molar refractivity (Wildman–Crippen MR) is 78.8 cm³/mol. The Hall–Kier alpha value is -0.580. The molecule has 1 saturated heterocycles. The molecule has 0 amide bonds. The van der Waals surface area contributed by atoms with Crippen molar-refractivity contribution in [1.82, 2.24) is 0 Å². The van der Waals surface area contributed by atoms with E-state index in [0.29, 0.717) is 0 Å². The predicted octanol–water partition coefficient (Wildman–Crippen LogP) is 2.82. The molecule has 1 aliphatic rings. The number of hydrogen-bond acceptors (Lipinski definition) is 3. The summed E-state index contributed by atoms with van der Waals surface area (Å²) >= 11 is 3.63. The molecule has 4 heteroatoms. The summed E-state index contributed by atoms with van der Waals surface area (Å²) in [5.41, 5.74) is 8.18. The van der Waals surface area contributed by atoms with Crippen LogP contribution in [0.5, 0.6) is 0 Å². The first-order valence-corrected chi connectivity index (χ1v) is 7.35. The zero-order valence-electron chi connectivity index (χ0n) is 10.8. The molecule has 18 heavy (non-hydrogen) atoms. The normalized spacial score (nSPS) is 22.0. The van der Waals surface area contributed by atoms with Gasteiger partial charge in [0.05, 0.1) is 18.3 Å². The van der Waals surface area contributed by atoms with Crippen molar-refractivity contribution in [2.45, 2.75) is 38.3 Å². The molecule has 0 aliphatic carbocycles. The summed E-state index contributed by atoms with van der Waals surface area (Å²) < 4.78 is 1.07. The van der Waals surface area contributed by atoms with Gasteiger partial charge in [0.25, 0.3) is 0 Å². The van der Waals surface area contributed by atoms with Gasteiger partial charge in [-0.25, -0.2) is 0 Å². The molecule has 0 aromatic heterocycles. The monoisotopic (exact) mass is 312 g/mol. The van der Waals surface area contributed by atoms with Gasteiger partial charge in [-0.1, -0.05) is 6.07 Å². The minimum absolute atomic E-state index is 0.0466. The molecule has 1 aromatic carbocycles. The standard InChI is InChI=1S/C14H21BrN2O/c1-10(16)11-5-6-14(13(15)8-11)17-7-3-2-4-12(17)9-18/h5-6,8,10,12,18H,2-4,7,9,16H2,1H3/t10-,12?/m0/s1. The fourth-order valence-electron chi connectivity index (χ4n) is 2.55. The molecule has 1 fully saturated rings. The molecule has 0 bridgehead atoms. The number of anilines is 1. The molecular formula is C14H21BrN2O. The van der Waals surface area contributed by atoms with Crippen LogP contribution in [-0.4, -0.2) is 24.3 Å². The number of piperidine rings is 1. The van der Waals surface area contributed by atoms with Crippen molar-refractivity contribution < 1.29 is 5.11 Å². The third-order valence-electron chi connectivity index (χ3n) is 3.64. The quantitative estimate of drug-likeness (QED) is 0.902. The van der Waals surface area contributed by atoms with E-state index in [-0.39, 0.29) is 18.7 Å². The molecule has 2 atom stereocenters. The van der Waals surface area contributed by atoms with Gasteiger partial charge in [0.15, 0.2) is 0 Å². The van der Waals surface area contributed by atoms with Crippen LogP contribution in [0.2, 0.25) is 0 Å². The third kappa shape index (κ3) is 2.87. The number of halogens is 1. The van der Waals surface area contributed by atoms with Crippen molar-refractivity contribution in [2.75, 3.05) is 18.1 Å². The molecule has 1 heterocycles. The highest BCUT2D eigenvalue weighted by Crippen LogP contribution is 2.33. The maximum atomic E-state index is 9.48. The number of rotatable bonds is 3. The smallest absolute Gasteiger partial charge is 0.0635 e. The van der Waals surface area contributed by atoms with Crippen LogP contribution in [0.4, 0.5) is 5.69 Å². The highest BCUT2D eigenvalue weighted by molar-refractivity contribution is 9.10. The molecule has 1 aromatic rings. The van der Waals surface area contributed by atoms with Gasteiger partial charge >= 0.3 is 0 Å². The maximum absolute atomic E-state index is 9.48. The highest BCUT2D eigenvalue weighted by atomic mass is 79.9. The number of nitrogens with zero attached hydrogens (tertiary/aromatic N) is 1. The first-order chi connectivity index (χ1) is 8.63.